The summed E-state index contributed by atoms with van der Waals surface area (Å²) in [5, 5.41) is 8.95. The molecule has 2 heterocycles. The predicted octanol–water partition coefficient (Wildman–Crippen LogP) is 16.6. The lowest BCUT2D eigenvalue weighted by Gasteiger charge is -2.29. The van der Waals surface area contributed by atoms with Crippen LogP contribution in [0.4, 0.5) is 34.1 Å². The molecule has 4 heteroatoms. The molecule has 0 aliphatic heterocycles. The van der Waals surface area contributed by atoms with Crippen LogP contribution in [-0.4, -0.2) is 0 Å². The molecule has 290 valence electrons. The van der Waals surface area contributed by atoms with Gasteiger partial charge >= 0.3 is 0 Å². The van der Waals surface area contributed by atoms with Gasteiger partial charge in [-0.05, 0) is 175 Å². The van der Waals surface area contributed by atoms with Gasteiger partial charge in [-0.25, -0.2) is 0 Å². The summed E-state index contributed by atoms with van der Waals surface area (Å²) < 4.78 is 13.3. The smallest absolute Gasteiger partial charge is 0.139 e. The zero-order valence-corrected chi connectivity index (χ0v) is 34.7. The Bertz CT molecular complexity index is 3300. The van der Waals surface area contributed by atoms with E-state index in [2.05, 4.69) is 209 Å². The Morgan fingerprint density at radius 3 is 1.13 bits per heavy atom. The summed E-state index contributed by atoms with van der Waals surface area (Å²) >= 11 is 0. The molecule has 0 N–H and O–H groups in total. The Balaban J connectivity index is 1.02. The summed E-state index contributed by atoms with van der Waals surface area (Å²) in [6, 6.07) is 57.1. The zero-order chi connectivity index (χ0) is 40.8. The molecule has 0 saturated carbocycles. The normalized spacial score (nSPS) is 11.8. The SMILES string of the molecule is Cc1ccccc1N(c1ccc2cc3c(cc2c1)oc1cc2oc4cc5cc(N(c6ccccc6C)c6cccc(C)c6C)ccc5cc4c2cc13)c1cccc(C)c1C. The number of para-hydroxylation sites is 2. The molecule has 9 aromatic carbocycles. The fraction of sp³-hybridized carbons (Fsp3) is 0.107. The van der Waals surface area contributed by atoms with Crippen LogP contribution >= 0.6 is 0 Å². The first-order valence-electron chi connectivity index (χ1n) is 20.7. The highest BCUT2D eigenvalue weighted by Crippen LogP contribution is 2.44. The largest absolute Gasteiger partial charge is 0.456 e. The van der Waals surface area contributed by atoms with Crippen molar-refractivity contribution in [1.82, 2.24) is 0 Å². The van der Waals surface area contributed by atoms with Gasteiger partial charge in [0, 0.05) is 61.7 Å². The van der Waals surface area contributed by atoms with Gasteiger partial charge in [0.1, 0.15) is 22.3 Å². The number of hydrogen-bond donors (Lipinski definition) is 0. The number of fused-ring (bicyclic) bond motifs is 8. The van der Waals surface area contributed by atoms with E-state index in [1.807, 2.05) is 0 Å². The van der Waals surface area contributed by atoms with Crippen molar-refractivity contribution in [3.05, 3.63) is 191 Å². The van der Waals surface area contributed by atoms with Crippen molar-refractivity contribution in [2.24, 2.45) is 0 Å². The summed E-state index contributed by atoms with van der Waals surface area (Å²) in [4.78, 5) is 4.77. The average molecular weight is 777 g/mol. The second-order valence-corrected chi connectivity index (χ2v) is 16.5. The van der Waals surface area contributed by atoms with Crippen molar-refractivity contribution in [1.29, 1.82) is 0 Å². The Morgan fingerprint density at radius 1 is 0.300 bits per heavy atom. The molecule has 2 aromatic heterocycles. The van der Waals surface area contributed by atoms with E-state index in [0.29, 0.717) is 0 Å². The third-order valence-electron chi connectivity index (χ3n) is 12.8. The van der Waals surface area contributed by atoms with Gasteiger partial charge in [-0.3, -0.25) is 0 Å². The van der Waals surface area contributed by atoms with Crippen LogP contribution in [0.15, 0.2) is 167 Å². The van der Waals surface area contributed by atoms with Crippen LogP contribution in [0.2, 0.25) is 0 Å². The molecular formula is C56H44N2O2. The molecule has 0 amide bonds. The summed E-state index contributed by atoms with van der Waals surface area (Å²) in [5.74, 6) is 0. The molecule has 0 aliphatic rings. The number of rotatable bonds is 6. The molecule has 11 aromatic rings. The molecule has 11 rings (SSSR count). The van der Waals surface area contributed by atoms with E-state index in [4.69, 9.17) is 8.83 Å². The van der Waals surface area contributed by atoms with Gasteiger partial charge in [0.25, 0.3) is 0 Å². The van der Waals surface area contributed by atoms with Crippen molar-refractivity contribution < 1.29 is 8.83 Å². The minimum atomic E-state index is 0.818. The predicted molar refractivity (Wildman–Crippen MR) is 254 cm³/mol. The molecule has 0 unspecified atom stereocenters. The van der Waals surface area contributed by atoms with E-state index >= 15 is 0 Å². The topological polar surface area (TPSA) is 32.8 Å². The molecule has 0 bridgehead atoms. The molecule has 0 fully saturated rings. The summed E-state index contributed by atoms with van der Waals surface area (Å²) in [6.45, 7) is 13.1. The molecule has 4 nitrogen and oxygen atoms in total. The Hall–Kier alpha value is -7.30. The van der Waals surface area contributed by atoms with E-state index in [1.165, 1.54) is 66.9 Å². The van der Waals surface area contributed by atoms with Gasteiger partial charge in [-0.1, -0.05) is 72.8 Å². The monoisotopic (exact) mass is 776 g/mol. The highest BCUT2D eigenvalue weighted by molar-refractivity contribution is 6.18. The number of anilines is 6. The second kappa shape index (κ2) is 13.6. The van der Waals surface area contributed by atoms with E-state index in [0.717, 1.165) is 66.0 Å². The number of aryl methyl sites for hydroxylation is 4. The second-order valence-electron chi connectivity index (χ2n) is 16.5. The lowest BCUT2D eigenvalue weighted by Crippen LogP contribution is -2.13. The summed E-state index contributed by atoms with van der Waals surface area (Å²) in [6.07, 6.45) is 0. The maximum absolute atomic E-state index is 6.64. The third kappa shape index (κ3) is 5.66. The maximum atomic E-state index is 6.64. The van der Waals surface area contributed by atoms with Crippen LogP contribution < -0.4 is 9.80 Å². The van der Waals surface area contributed by atoms with Gasteiger partial charge in [0.2, 0.25) is 0 Å². The number of furan rings is 2. The first-order valence-corrected chi connectivity index (χ1v) is 20.7. The number of hydrogen-bond acceptors (Lipinski definition) is 4. The minimum absolute atomic E-state index is 0.818. The molecule has 60 heavy (non-hydrogen) atoms. The molecule has 0 radical (unpaired) electrons. The van der Waals surface area contributed by atoms with Gasteiger partial charge in [-0.2, -0.15) is 0 Å². The highest BCUT2D eigenvalue weighted by Gasteiger charge is 2.21. The summed E-state index contributed by atoms with van der Waals surface area (Å²) in [5.41, 5.74) is 17.8. The standard InChI is InChI=1S/C56H44N2O2/c1-33-15-11-19-51(37(33)5)57(49-17-9-7-13-35(49)3)43-23-21-39-27-45-47-31-48-46-28-40-22-24-44(58(50-18-10-8-14-36(50)4)52-20-12-16-34(2)38(52)6)26-42(40)30-54(46)60-56(48)32-55(47)59-53(45)29-41(39)25-43/h7-32H,1-6H3. The van der Waals surface area contributed by atoms with Crippen LogP contribution in [0, 0.1) is 41.5 Å². The van der Waals surface area contributed by atoms with Crippen molar-refractivity contribution in [3.63, 3.8) is 0 Å². The van der Waals surface area contributed by atoms with Gasteiger partial charge < -0.3 is 18.6 Å². The van der Waals surface area contributed by atoms with Crippen LogP contribution in [0.5, 0.6) is 0 Å². The lowest BCUT2D eigenvalue weighted by atomic mass is 10.0. The summed E-state index contributed by atoms with van der Waals surface area (Å²) in [7, 11) is 0. The average Bonchev–Trinajstić information content (AvgIpc) is 3.78. The molecule has 0 saturated heterocycles. The first kappa shape index (κ1) is 35.8. The Kier molecular flexibility index (Phi) is 8.15. The van der Waals surface area contributed by atoms with Crippen LogP contribution in [0.3, 0.4) is 0 Å². The third-order valence-corrected chi connectivity index (χ3v) is 12.8. The van der Waals surface area contributed by atoms with Gasteiger partial charge in [0.05, 0.1) is 0 Å². The Morgan fingerprint density at radius 2 is 0.683 bits per heavy atom. The molecule has 0 atom stereocenters. The first-order chi connectivity index (χ1) is 29.2. The number of nitrogens with zero attached hydrogens (tertiary/aromatic N) is 2. The molecule has 0 spiro atoms. The fourth-order valence-corrected chi connectivity index (χ4v) is 9.18. The fourth-order valence-electron chi connectivity index (χ4n) is 9.18. The zero-order valence-electron chi connectivity index (χ0n) is 34.7. The van der Waals surface area contributed by atoms with E-state index in [-0.39, 0.29) is 0 Å². The van der Waals surface area contributed by atoms with Crippen molar-refractivity contribution in [2.75, 3.05) is 9.80 Å². The van der Waals surface area contributed by atoms with Gasteiger partial charge in [-0.15, -0.1) is 0 Å². The maximum Gasteiger partial charge on any atom is 0.139 e. The van der Waals surface area contributed by atoms with E-state index in [9.17, 15) is 0 Å². The Labute approximate surface area is 349 Å². The van der Waals surface area contributed by atoms with Crippen molar-refractivity contribution >= 4 is 99.5 Å². The van der Waals surface area contributed by atoms with Crippen molar-refractivity contribution in [2.45, 2.75) is 41.5 Å². The van der Waals surface area contributed by atoms with Crippen LogP contribution in [0.25, 0.3) is 65.4 Å². The van der Waals surface area contributed by atoms with E-state index < -0.39 is 0 Å². The highest BCUT2D eigenvalue weighted by atomic mass is 16.3. The van der Waals surface area contributed by atoms with Gasteiger partial charge in [0.15, 0.2) is 0 Å². The van der Waals surface area contributed by atoms with Crippen LogP contribution in [-0.2, 0) is 0 Å². The van der Waals surface area contributed by atoms with Crippen molar-refractivity contribution in [3.8, 4) is 0 Å². The van der Waals surface area contributed by atoms with Crippen LogP contribution in [0.1, 0.15) is 33.4 Å². The molecule has 0 aliphatic carbocycles. The lowest BCUT2D eigenvalue weighted by molar-refractivity contribution is 0.656. The minimum Gasteiger partial charge on any atom is -0.456 e. The number of benzene rings is 9. The molecular weight excluding hydrogens is 733 g/mol. The quantitative estimate of drug-likeness (QED) is 0.168. The van der Waals surface area contributed by atoms with E-state index in [1.54, 1.807) is 0 Å².